The van der Waals surface area contributed by atoms with E-state index in [1.807, 2.05) is 0 Å². The third-order valence-corrected chi connectivity index (χ3v) is 3.39. The second-order valence-corrected chi connectivity index (χ2v) is 4.62. The summed E-state index contributed by atoms with van der Waals surface area (Å²) in [5.41, 5.74) is 0. The molecule has 0 aromatic heterocycles. The van der Waals surface area contributed by atoms with Gasteiger partial charge in [-0.3, -0.25) is 0 Å². The van der Waals surface area contributed by atoms with Crippen LogP contribution in [0.1, 0.15) is 39.0 Å². The van der Waals surface area contributed by atoms with E-state index in [2.05, 4.69) is 11.8 Å². The minimum absolute atomic E-state index is 1.01. The van der Waals surface area contributed by atoms with E-state index in [0.29, 0.717) is 0 Å². The molecular formula is C11H21N. The molecule has 1 heterocycles. The maximum Gasteiger partial charge on any atom is 0.000978 e. The fourth-order valence-electron chi connectivity index (χ4n) is 2.32. The highest BCUT2D eigenvalue weighted by Crippen LogP contribution is 2.31. The molecule has 0 aromatic rings. The first-order chi connectivity index (χ1) is 5.88. The van der Waals surface area contributed by atoms with E-state index in [1.165, 1.54) is 51.7 Å². The Hall–Kier alpha value is -0.0400. The maximum atomic E-state index is 2.70. The summed E-state index contributed by atoms with van der Waals surface area (Å²) in [6.07, 6.45) is 7.34. The van der Waals surface area contributed by atoms with Crippen molar-refractivity contribution >= 4 is 0 Å². The lowest BCUT2D eigenvalue weighted by molar-refractivity contribution is 0.166. The van der Waals surface area contributed by atoms with Gasteiger partial charge in [-0.1, -0.05) is 13.3 Å². The summed E-state index contributed by atoms with van der Waals surface area (Å²) < 4.78 is 0. The van der Waals surface area contributed by atoms with Gasteiger partial charge in [-0.15, -0.1) is 0 Å². The fourth-order valence-corrected chi connectivity index (χ4v) is 2.32. The Morgan fingerprint density at radius 1 is 1.17 bits per heavy atom. The molecule has 0 amide bonds. The third kappa shape index (κ3) is 2.22. The Bertz CT molecular complexity index is 140. The van der Waals surface area contributed by atoms with Gasteiger partial charge in [0.15, 0.2) is 0 Å². The van der Waals surface area contributed by atoms with Gasteiger partial charge in [0.1, 0.15) is 0 Å². The third-order valence-electron chi connectivity index (χ3n) is 3.39. The standard InChI is InChI=1S/C11H21N/c1-2-10-4-3-7-12(8-10)9-11-5-6-11/h10-11H,2-9H2,1H3/t10-/m1/s1. The van der Waals surface area contributed by atoms with Gasteiger partial charge in [0.25, 0.3) is 0 Å². The smallest absolute Gasteiger partial charge is 0.000978 e. The van der Waals surface area contributed by atoms with Crippen molar-refractivity contribution in [1.29, 1.82) is 0 Å². The van der Waals surface area contributed by atoms with Crippen molar-refractivity contribution in [2.45, 2.75) is 39.0 Å². The van der Waals surface area contributed by atoms with Gasteiger partial charge >= 0.3 is 0 Å². The zero-order valence-electron chi connectivity index (χ0n) is 8.26. The summed E-state index contributed by atoms with van der Waals surface area (Å²) in [4.78, 5) is 2.70. The Kier molecular flexibility index (Phi) is 2.69. The molecule has 0 unspecified atom stereocenters. The molecule has 1 saturated heterocycles. The van der Waals surface area contributed by atoms with Gasteiger partial charge in [-0.2, -0.15) is 0 Å². The monoisotopic (exact) mass is 167 g/mol. The topological polar surface area (TPSA) is 3.24 Å². The highest BCUT2D eigenvalue weighted by atomic mass is 15.1. The zero-order chi connectivity index (χ0) is 8.39. The van der Waals surface area contributed by atoms with E-state index in [1.54, 1.807) is 0 Å². The van der Waals surface area contributed by atoms with Crippen LogP contribution in [0, 0.1) is 11.8 Å². The van der Waals surface area contributed by atoms with Gasteiger partial charge < -0.3 is 4.90 Å². The zero-order valence-corrected chi connectivity index (χ0v) is 8.26. The Labute approximate surface area is 76.1 Å². The van der Waals surface area contributed by atoms with E-state index in [0.717, 1.165) is 11.8 Å². The average Bonchev–Trinajstić information content (AvgIpc) is 2.89. The first kappa shape index (κ1) is 8.55. The highest BCUT2D eigenvalue weighted by Gasteiger charge is 2.26. The van der Waals surface area contributed by atoms with Crippen molar-refractivity contribution in [1.82, 2.24) is 4.90 Å². The molecule has 1 saturated carbocycles. The molecule has 1 atom stereocenters. The molecule has 0 spiro atoms. The molecule has 2 fully saturated rings. The molecule has 12 heavy (non-hydrogen) atoms. The molecule has 1 heteroatoms. The van der Waals surface area contributed by atoms with Crippen LogP contribution < -0.4 is 0 Å². The van der Waals surface area contributed by atoms with Gasteiger partial charge in [0.05, 0.1) is 0 Å². The molecule has 0 radical (unpaired) electrons. The van der Waals surface area contributed by atoms with E-state index in [4.69, 9.17) is 0 Å². The fraction of sp³-hybridized carbons (Fsp3) is 1.00. The number of likely N-dealkylation sites (tertiary alicyclic amines) is 1. The Morgan fingerprint density at radius 2 is 2.00 bits per heavy atom. The number of rotatable bonds is 3. The molecule has 1 nitrogen and oxygen atoms in total. The number of nitrogens with zero attached hydrogens (tertiary/aromatic N) is 1. The minimum Gasteiger partial charge on any atom is -0.303 e. The number of hydrogen-bond acceptors (Lipinski definition) is 1. The van der Waals surface area contributed by atoms with Crippen molar-refractivity contribution in [3.8, 4) is 0 Å². The van der Waals surface area contributed by atoms with Crippen molar-refractivity contribution < 1.29 is 0 Å². The van der Waals surface area contributed by atoms with Gasteiger partial charge in [0, 0.05) is 13.1 Å². The molecule has 0 aromatic carbocycles. The van der Waals surface area contributed by atoms with Gasteiger partial charge in [-0.05, 0) is 44.1 Å². The maximum absolute atomic E-state index is 2.70. The molecule has 1 aliphatic heterocycles. The normalized spacial score (nSPS) is 32.2. The van der Waals surface area contributed by atoms with Crippen LogP contribution in [-0.4, -0.2) is 24.5 Å². The average molecular weight is 167 g/mol. The first-order valence-electron chi connectivity index (χ1n) is 5.61. The van der Waals surface area contributed by atoms with Crippen LogP contribution in [0.4, 0.5) is 0 Å². The van der Waals surface area contributed by atoms with E-state index in [9.17, 15) is 0 Å². The van der Waals surface area contributed by atoms with Gasteiger partial charge in [-0.25, -0.2) is 0 Å². The number of piperidine rings is 1. The predicted octanol–water partition coefficient (Wildman–Crippen LogP) is 2.52. The van der Waals surface area contributed by atoms with Crippen LogP contribution in [0.2, 0.25) is 0 Å². The second-order valence-electron chi connectivity index (χ2n) is 4.62. The first-order valence-corrected chi connectivity index (χ1v) is 5.61. The lowest BCUT2D eigenvalue weighted by Gasteiger charge is -2.32. The Morgan fingerprint density at radius 3 is 2.67 bits per heavy atom. The largest absolute Gasteiger partial charge is 0.303 e. The van der Waals surface area contributed by atoms with Crippen LogP contribution in [0.5, 0.6) is 0 Å². The number of hydrogen-bond donors (Lipinski definition) is 0. The molecule has 2 rings (SSSR count). The summed E-state index contributed by atoms with van der Waals surface area (Å²) in [5, 5.41) is 0. The van der Waals surface area contributed by atoms with Crippen LogP contribution in [0.15, 0.2) is 0 Å². The highest BCUT2D eigenvalue weighted by molar-refractivity contribution is 4.80. The quantitative estimate of drug-likeness (QED) is 0.624. The van der Waals surface area contributed by atoms with Crippen LogP contribution in [0.25, 0.3) is 0 Å². The van der Waals surface area contributed by atoms with Crippen molar-refractivity contribution in [3.63, 3.8) is 0 Å². The lowest BCUT2D eigenvalue weighted by Crippen LogP contribution is -2.36. The molecule has 70 valence electrons. The van der Waals surface area contributed by atoms with Crippen LogP contribution in [0.3, 0.4) is 0 Å². The van der Waals surface area contributed by atoms with E-state index >= 15 is 0 Å². The predicted molar refractivity (Wildman–Crippen MR) is 52.2 cm³/mol. The van der Waals surface area contributed by atoms with E-state index < -0.39 is 0 Å². The molecule has 1 aliphatic carbocycles. The van der Waals surface area contributed by atoms with Crippen molar-refractivity contribution in [3.05, 3.63) is 0 Å². The van der Waals surface area contributed by atoms with Crippen LogP contribution >= 0.6 is 0 Å². The van der Waals surface area contributed by atoms with Crippen molar-refractivity contribution in [2.24, 2.45) is 11.8 Å². The molecular weight excluding hydrogens is 146 g/mol. The lowest BCUT2D eigenvalue weighted by atomic mass is 9.95. The Balaban J connectivity index is 1.73. The minimum atomic E-state index is 1.01. The summed E-state index contributed by atoms with van der Waals surface area (Å²) >= 11 is 0. The van der Waals surface area contributed by atoms with Crippen LogP contribution in [-0.2, 0) is 0 Å². The molecule has 2 aliphatic rings. The van der Waals surface area contributed by atoms with Crippen molar-refractivity contribution in [2.75, 3.05) is 19.6 Å². The SMILES string of the molecule is CC[C@@H]1CCCN(CC2CC2)C1. The molecule has 0 N–H and O–H groups in total. The summed E-state index contributed by atoms with van der Waals surface area (Å²) in [7, 11) is 0. The second kappa shape index (κ2) is 3.78. The van der Waals surface area contributed by atoms with Gasteiger partial charge in [0.2, 0.25) is 0 Å². The van der Waals surface area contributed by atoms with E-state index in [-0.39, 0.29) is 0 Å². The summed E-state index contributed by atoms with van der Waals surface area (Å²) in [6.45, 7) is 6.53. The summed E-state index contributed by atoms with van der Waals surface area (Å²) in [5.74, 6) is 2.10. The molecule has 0 bridgehead atoms. The summed E-state index contributed by atoms with van der Waals surface area (Å²) in [6, 6.07) is 0.